The van der Waals surface area contributed by atoms with Gasteiger partial charge in [0.2, 0.25) is 0 Å². The first-order chi connectivity index (χ1) is 7.34. The van der Waals surface area contributed by atoms with Crippen LogP contribution in [0.25, 0.3) is 0 Å². The van der Waals surface area contributed by atoms with Crippen molar-refractivity contribution in [1.29, 1.82) is 0 Å². The van der Waals surface area contributed by atoms with Crippen molar-refractivity contribution in [3.8, 4) is 0 Å². The van der Waals surface area contributed by atoms with Gasteiger partial charge in [0.25, 0.3) is 0 Å². The highest BCUT2D eigenvalue weighted by atomic mass is 16.5. The Morgan fingerprint density at radius 1 is 1.20 bits per heavy atom. The third-order valence-electron chi connectivity index (χ3n) is 3.20. The summed E-state index contributed by atoms with van der Waals surface area (Å²) in [7, 11) is 0. The third kappa shape index (κ3) is 5.31. The van der Waals surface area contributed by atoms with Gasteiger partial charge in [-0.05, 0) is 19.3 Å². The van der Waals surface area contributed by atoms with Gasteiger partial charge in [0, 0.05) is 12.5 Å². The molecule has 0 amide bonds. The molecule has 0 radical (unpaired) electrons. The Morgan fingerprint density at radius 3 is 2.60 bits per heavy atom. The molecule has 0 spiro atoms. The summed E-state index contributed by atoms with van der Waals surface area (Å²) in [6, 6.07) is 0. The number of ether oxygens (including phenoxy) is 1. The van der Waals surface area contributed by atoms with E-state index in [0.717, 1.165) is 25.9 Å². The maximum atomic E-state index is 11.7. The minimum Gasteiger partial charge on any atom is -0.374 e. The average Bonchev–Trinajstić information content (AvgIpc) is 2.30. The van der Waals surface area contributed by atoms with E-state index in [1.54, 1.807) is 0 Å². The second-order valence-corrected chi connectivity index (χ2v) is 4.56. The molecule has 0 saturated heterocycles. The number of Topliss-reactive ketones (excluding diaryl/α,β-unsaturated/α-hetero) is 1. The maximum absolute atomic E-state index is 11.7. The number of unbranched alkanes of at least 4 members (excludes halogenated alkanes) is 2. The lowest BCUT2D eigenvalue weighted by atomic mass is 9.86. The molecule has 0 N–H and O–H groups in total. The third-order valence-corrected chi connectivity index (χ3v) is 3.20. The Kier molecular flexibility index (Phi) is 6.66. The molecule has 1 saturated carbocycles. The van der Waals surface area contributed by atoms with Crippen LogP contribution < -0.4 is 0 Å². The summed E-state index contributed by atoms with van der Waals surface area (Å²) in [4.78, 5) is 11.7. The van der Waals surface area contributed by atoms with Gasteiger partial charge >= 0.3 is 0 Å². The molecule has 0 bridgehead atoms. The molecule has 2 nitrogen and oxygen atoms in total. The molecule has 2 heteroatoms. The maximum Gasteiger partial charge on any atom is 0.161 e. The minimum atomic E-state index is 0.310. The number of hydrogen-bond donors (Lipinski definition) is 0. The molecule has 0 atom stereocenters. The van der Waals surface area contributed by atoms with Gasteiger partial charge in [0.15, 0.2) is 5.78 Å². The minimum absolute atomic E-state index is 0.310. The van der Waals surface area contributed by atoms with E-state index in [2.05, 4.69) is 6.92 Å². The van der Waals surface area contributed by atoms with Gasteiger partial charge in [-0.1, -0.05) is 39.0 Å². The first-order valence-corrected chi connectivity index (χ1v) is 6.45. The first kappa shape index (κ1) is 12.7. The van der Waals surface area contributed by atoms with E-state index >= 15 is 0 Å². The summed E-state index contributed by atoms with van der Waals surface area (Å²) < 4.78 is 5.40. The molecule has 88 valence electrons. The van der Waals surface area contributed by atoms with Crippen molar-refractivity contribution >= 4 is 5.78 Å². The molecular formula is C13H24O2. The van der Waals surface area contributed by atoms with Crippen LogP contribution in [0.2, 0.25) is 0 Å². The van der Waals surface area contributed by atoms with Gasteiger partial charge in [-0.15, -0.1) is 0 Å². The summed E-state index contributed by atoms with van der Waals surface area (Å²) in [5, 5.41) is 0. The Morgan fingerprint density at radius 2 is 1.93 bits per heavy atom. The topological polar surface area (TPSA) is 26.3 Å². The van der Waals surface area contributed by atoms with Crippen molar-refractivity contribution in [3.63, 3.8) is 0 Å². The summed E-state index contributed by atoms with van der Waals surface area (Å²) >= 11 is 0. The first-order valence-electron chi connectivity index (χ1n) is 6.45. The summed E-state index contributed by atoms with van der Waals surface area (Å²) in [5.74, 6) is 0.649. The molecule has 0 heterocycles. The fourth-order valence-electron chi connectivity index (χ4n) is 2.17. The molecule has 1 aliphatic rings. The fourth-order valence-corrected chi connectivity index (χ4v) is 2.17. The van der Waals surface area contributed by atoms with E-state index in [-0.39, 0.29) is 0 Å². The van der Waals surface area contributed by atoms with Crippen LogP contribution in [-0.4, -0.2) is 19.0 Å². The van der Waals surface area contributed by atoms with Crippen molar-refractivity contribution in [2.45, 2.75) is 58.3 Å². The van der Waals surface area contributed by atoms with Crippen LogP contribution in [0, 0.1) is 5.92 Å². The number of rotatable bonds is 7. The number of carbonyl (C=O) groups excluding carboxylic acids is 1. The Bertz CT molecular complexity index is 171. The molecule has 0 aromatic heterocycles. The van der Waals surface area contributed by atoms with Gasteiger partial charge in [0.05, 0.1) is 0 Å². The molecule has 0 unspecified atom stereocenters. The van der Waals surface area contributed by atoms with Crippen molar-refractivity contribution < 1.29 is 9.53 Å². The van der Waals surface area contributed by atoms with Crippen LogP contribution in [0.1, 0.15) is 58.3 Å². The van der Waals surface area contributed by atoms with Crippen LogP contribution in [-0.2, 0) is 9.53 Å². The van der Waals surface area contributed by atoms with Crippen molar-refractivity contribution in [2.75, 3.05) is 13.2 Å². The van der Waals surface area contributed by atoms with E-state index in [1.165, 1.54) is 32.1 Å². The van der Waals surface area contributed by atoms with E-state index in [0.29, 0.717) is 18.3 Å². The predicted molar refractivity (Wildman–Crippen MR) is 61.9 cm³/mol. The summed E-state index contributed by atoms with van der Waals surface area (Å²) in [6.45, 7) is 3.29. The monoisotopic (exact) mass is 212 g/mol. The molecule has 15 heavy (non-hydrogen) atoms. The highest BCUT2D eigenvalue weighted by Crippen LogP contribution is 2.24. The molecule has 1 rings (SSSR count). The molecule has 1 fully saturated rings. The van der Waals surface area contributed by atoms with Gasteiger partial charge in [-0.3, -0.25) is 4.79 Å². The van der Waals surface area contributed by atoms with Gasteiger partial charge < -0.3 is 4.74 Å². The zero-order valence-corrected chi connectivity index (χ0v) is 9.96. The van der Waals surface area contributed by atoms with Gasteiger partial charge in [-0.2, -0.15) is 0 Å². The van der Waals surface area contributed by atoms with Crippen LogP contribution in [0.4, 0.5) is 0 Å². The molecule has 0 aromatic carbocycles. The second-order valence-electron chi connectivity index (χ2n) is 4.56. The molecular weight excluding hydrogens is 188 g/mol. The molecule has 1 aliphatic carbocycles. The number of ketones is 1. The van der Waals surface area contributed by atoms with Crippen LogP contribution >= 0.6 is 0 Å². The Balaban J connectivity index is 2.02. The fraction of sp³-hybridized carbons (Fsp3) is 0.923. The lowest BCUT2D eigenvalue weighted by molar-refractivity contribution is -0.128. The normalized spacial score (nSPS) is 17.9. The lowest BCUT2D eigenvalue weighted by Gasteiger charge is -2.20. The zero-order chi connectivity index (χ0) is 10.9. The SMILES string of the molecule is CCCCCOCC(=O)C1CCCCC1. The number of hydrogen-bond acceptors (Lipinski definition) is 2. The Labute approximate surface area is 93.4 Å². The van der Waals surface area contributed by atoms with Crippen molar-refractivity contribution in [2.24, 2.45) is 5.92 Å². The Hall–Kier alpha value is -0.370. The quantitative estimate of drug-likeness (QED) is 0.605. The summed E-state index contributed by atoms with van der Waals surface area (Å²) in [5.41, 5.74) is 0. The van der Waals surface area contributed by atoms with Crippen molar-refractivity contribution in [3.05, 3.63) is 0 Å². The highest BCUT2D eigenvalue weighted by molar-refractivity contribution is 5.82. The van der Waals surface area contributed by atoms with Crippen LogP contribution in [0.3, 0.4) is 0 Å². The molecule has 0 aliphatic heterocycles. The smallest absolute Gasteiger partial charge is 0.161 e. The van der Waals surface area contributed by atoms with Crippen LogP contribution in [0.5, 0.6) is 0 Å². The van der Waals surface area contributed by atoms with Crippen molar-refractivity contribution in [1.82, 2.24) is 0 Å². The largest absolute Gasteiger partial charge is 0.374 e. The standard InChI is InChI=1S/C13H24O2/c1-2-3-7-10-15-11-13(14)12-8-5-4-6-9-12/h12H,2-11H2,1H3. The number of carbonyl (C=O) groups is 1. The van der Waals surface area contributed by atoms with Crippen LogP contribution in [0.15, 0.2) is 0 Å². The van der Waals surface area contributed by atoms with E-state index in [1.807, 2.05) is 0 Å². The summed E-state index contributed by atoms with van der Waals surface area (Å²) in [6.07, 6.45) is 9.46. The van der Waals surface area contributed by atoms with E-state index in [9.17, 15) is 4.79 Å². The average molecular weight is 212 g/mol. The highest BCUT2D eigenvalue weighted by Gasteiger charge is 2.20. The van der Waals surface area contributed by atoms with Gasteiger partial charge in [-0.25, -0.2) is 0 Å². The zero-order valence-electron chi connectivity index (χ0n) is 9.96. The van der Waals surface area contributed by atoms with Gasteiger partial charge in [0.1, 0.15) is 6.61 Å². The van der Waals surface area contributed by atoms with E-state index < -0.39 is 0 Å². The predicted octanol–water partition coefficient (Wildman–Crippen LogP) is 3.34. The lowest BCUT2D eigenvalue weighted by Crippen LogP contribution is -2.22. The van der Waals surface area contributed by atoms with E-state index in [4.69, 9.17) is 4.74 Å². The molecule has 0 aromatic rings. The second kappa shape index (κ2) is 7.86.